The minimum atomic E-state index is -0.483. The number of methoxy groups -OCH3 is 1. The SMILES string of the molecule is COc1ccc(C2OC2C(=O)OC(C)(C)C)cc1C. The zero-order valence-electron chi connectivity index (χ0n) is 12.0. The lowest BCUT2D eigenvalue weighted by atomic mass is 10.1. The third kappa shape index (κ3) is 3.26. The lowest BCUT2D eigenvalue weighted by molar-refractivity contribution is -0.156. The third-order valence-corrected chi connectivity index (χ3v) is 2.88. The molecule has 0 aliphatic carbocycles. The van der Waals surface area contributed by atoms with E-state index in [4.69, 9.17) is 14.2 Å². The molecule has 104 valence electrons. The average Bonchev–Trinajstić information content (AvgIpc) is 3.06. The van der Waals surface area contributed by atoms with Gasteiger partial charge in [0.15, 0.2) is 6.10 Å². The maximum Gasteiger partial charge on any atom is 0.338 e. The largest absolute Gasteiger partial charge is 0.496 e. The Morgan fingerprint density at radius 1 is 1.32 bits per heavy atom. The summed E-state index contributed by atoms with van der Waals surface area (Å²) in [5, 5.41) is 0. The lowest BCUT2D eigenvalue weighted by Crippen LogP contribution is -2.26. The Balaban J connectivity index is 2.03. The maximum atomic E-state index is 11.8. The molecule has 19 heavy (non-hydrogen) atoms. The molecular formula is C15H20O4. The number of carbonyl (C=O) groups excluding carboxylic acids is 1. The van der Waals surface area contributed by atoms with Crippen molar-refractivity contribution in [2.24, 2.45) is 0 Å². The van der Waals surface area contributed by atoms with E-state index >= 15 is 0 Å². The van der Waals surface area contributed by atoms with Gasteiger partial charge in [0.05, 0.1) is 7.11 Å². The molecule has 4 heteroatoms. The summed E-state index contributed by atoms with van der Waals surface area (Å²) in [7, 11) is 1.64. The minimum Gasteiger partial charge on any atom is -0.496 e. The van der Waals surface area contributed by atoms with Gasteiger partial charge in [0.25, 0.3) is 0 Å². The molecule has 0 spiro atoms. The molecule has 1 fully saturated rings. The molecule has 1 aromatic carbocycles. The number of hydrogen-bond donors (Lipinski definition) is 0. The molecule has 4 nitrogen and oxygen atoms in total. The van der Waals surface area contributed by atoms with Crippen LogP contribution in [0.15, 0.2) is 18.2 Å². The molecule has 2 unspecified atom stereocenters. The standard InChI is InChI=1S/C15H20O4/c1-9-8-10(6-7-11(9)17-5)12-13(18-12)14(16)19-15(2,3)4/h6-8,12-13H,1-5H3. The summed E-state index contributed by atoms with van der Waals surface area (Å²) in [5.74, 6) is 0.532. The Labute approximate surface area is 113 Å². The second kappa shape index (κ2) is 4.85. The molecule has 1 saturated heterocycles. The quantitative estimate of drug-likeness (QED) is 0.622. The van der Waals surface area contributed by atoms with Crippen molar-refractivity contribution in [1.82, 2.24) is 0 Å². The van der Waals surface area contributed by atoms with E-state index < -0.39 is 11.7 Å². The molecule has 0 amide bonds. The van der Waals surface area contributed by atoms with E-state index in [0.29, 0.717) is 0 Å². The molecule has 0 N–H and O–H groups in total. The van der Waals surface area contributed by atoms with E-state index in [1.807, 2.05) is 45.9 Å². The fourth-order valence-electron chi connectivity index (χ4n) is 1.98. The van der Waals surface area contributed by atoms with Gasteiger partial charge in [-0.15, -0.1) is 0 Å². The fraction of sp³-hybridized carbons (Fsp3) is 0.533. The number of aryl methyl sites for hydroxylation is 1. The summed E-state index contributed by atoms with van der Waals surface area (Å²) < 4.78 is 15.9. The number of rotatable bonds is 3. The molecule has 1 aliphatic rings. The Bertz CT molecular complexity index is 487. The lowest BCUT2D eigenvalue weighted by Gasteiger charge is -2.18. The summed E-state index contributed by atoms with van der Waals surface area (Å²) in [5.41, 5.74) is 1.52. The highest BCUT2D eigenvalue weighted by atomic mass is 16.6. The van der Waals surface area contributed by atoms with Crippen LogP contribution in [0.4, 0.5) is 0 Å². The predicted octanol–water partition coefficient (Wildman–Crippen LogP) is 2.79. The maximum absolute atomic E-state index is 11.8. The van der Waals surface area contributed by atoms with E-state index in [-0.39, 0.29) is 12.1 Å². The molecule has 1 heterocycles. The molecule has 1 aliphatic heterocycles. The van der Waals surface area contributed by atoms with Gasteiger partial charge < -0.3 is 14.2 Å². The van der Waals surface area contributed by atoms with Crippen molar-refractivity contribution < 1.29 is 19.0 Å². The molecule has 0 radical (unpaired) electrons. The Morgan fingerprint density at radius 2 is 2.00 bits per heavy atom. The molecule has 1 aromatic rings. The summed E-state index contributed by atoms with van der Waals surface area (Å²) in [6.45, 7) is 7.51. The fourth-order valence-corrected chi connectivity index (χ4v) is 1.98. The first-order valence-electron chi connectivity index (χ1n) is 6.34. The molecule has 2 atom stereocenters. The van der Waals surface area contributed by atoms with Crippen LogP contribution in [0.5, 0.6) is 5.75 Å². The Hall–Kier alpha value is -1.55. The summed E-state index contributed by atoms with van der Waals surface area (Å²) in [6, 6.07) is 5.78. The van der Waals surface area contributed by atoms with Gasteiger partial charge in [0.2, 0.25) is 0 Å². The highest BCUT2D eigenvalue weighted by molar-refractivity contribution is 5.78. The number of benzene rings is 1. The van der Waals surface area contributed by atoms with Gasteiger partial charge in [-0.3, -0.25) is 0 Å². The van der Waals surface area contributed by atoms with Crippen LogP contribution in [0.2, 0.25) is 0 Å². The van der Waals surface area contributed by atoms with Crippen LogP contribution in [0.3, 0.4) is 0 Å². The smallest absolute Gasteiger partial charge is 0.338 e. The number of epoxide rings is 1. The number of esters is 1. The second-order valence-corrected chi connectivity index (χ2v) is 5.74. The van der Waals surface area contributed by atoms with Gasteiger partial charge >= 0.3 is 5.97 Å². The van der Waals surface area contributed by atoms with Crippen LogP contribution in [-0.2, 0) is 14.3 Å². The predicted molar refractivity (Wildman–Crippen MR) is 71.2 cm³/mol. The zero-order chi connectivity index (χ0) is 14.2. The van der Waals surface area contributed by atoms with E-state index in [0.717, 1.165) is 16.9 Å². The van der Waals surface area contributed by atoms with E-state index in [1.54, 1.807) is 7.11 Å². The Kier molecular flexibility index (Phi) is 3.54. The topological polar surface area (TPSA) is 48.1 Å². The Morgan fingerprint density at radius 3 is 2.53 bits per heavy atom. The molecule has 2 rings (SSSR count). The van der Waals surface area contributed by atoms with Crippen molar-refractivity contribution in [3.8, 4) is 5.75 Å². The molecule has 0 aromatic heterocycles. The highest BCUT2D eigenvalue weighted by Crippen LogP contribution is 2.41. The van der Waals surface area contributed by atoms with Crippen molar-refractivity contribution in [3.63, 3.8) is 0 Å². The van der Waals surface area contributed by atoms with Crippen molar-refractivity contribution in [1.29, 1.82) is 0 Å². The monoisotopic (exact) mass is 264 g/mol. The summed E-state index contributed by atoms with van der Waals surface area (Å²) >= 11 is 0. The normalized spacial score (nSPS) is 21.9. The van der Waals surface area contributed by atoms with Gasteiger partial charge in [0, 0.05) is 0 Å². The van der Waals surface area contributed by atoms with Crippen LogP contribution < -0.4 is 4.74 Å². The first kappa shape index (κ1) is 13.9. The summed E-state index contributed by atoms with van der Waals surface area (Å²) in [4.78, 5) is 11.8. The minimum absolute atomic E-state index is 0.195. The van der Waals surface area contributed by atoms with E-state index in [2.05, 4.69) is 0 Å². The highest BCUT2D eigenvalue weighted by Gasteiger charge is 2.48. The van der Waals surface area contributed by atoms with Crippen LogP contribution in [-0.4, -0.2) is 24.8 Å². The summed E-state index contributed by atoms with van der Waals surface area (Å²) in [6.07, 6.45) is -0.675. The molecule has 0 bridgehead atoms. The van der Waals surface area contributed by atoms with E-state index in [9.17, 15) is 4.79 Å². The average molecular weight is 264 g/mol. The van der Waals surface area contributed by atoms with Crippen molar-refractivity contribution in [2.75, 3.05) is 7.11 Å². The number of carbonyl (C=O) groups is 1. The number of hydrogen-bond acceptors (Lipinski definition) is 4. The van der Waals surface area contributed by atoms with Gasteiger partial charge in [-0.2, -0.15) is 0 Å². The third-order valence-electron chi connectivity index (χ3n) is 2.88. The van der Waals surface area contributed by atoms with Crippen molar-refractivity contribution in [3.05, 3.63) is 29.3 Å². The van der Waals surface area contributed by atoms with Crippen LogP contribution in [0.1, 0.15) is 38.0 Å². The van der Waals surface area contributed by atoms with Gasteiger partial charge in [-0.1, -0.05) is 6.07 Å². The van der Waals surface area contributed by atoms with Crippen molar-refractivity contribution in [2.45, 2.75) is 45.5 Å². The van der Waals surface area contributed by atoms with Gasteiger partial charge in [0.1, 0.15) is 17.5 Å². The van der Waals surface area contributed by atoms with Gasteiger partial charge in [-0.25, -0.2) is 4.79 Å². The van der Waals surface area contributed by atoms with Gasteiger partial charge in [-0.05, 0) is 51.0 Å². The molecular weight excluding hydrogens is 244 g/mol. The van der Waals surface area contributed by atoms with Crippen molar-refractivity contribution >= 4 is 5.97 Å². The van der Waals surface area contributed by atoms with Crippen LogP contribution in [0, 0.1) is 6.92 Å². The number of ether oxygens (including phenoxy) is 3. The second-order valence-electron chi connectivity index (χ2n) is 5.74. The first-order valence-corrected chi connectivity index (χ1v) is 6.34. The zero-order valence-corrected chi connectivity index (χ0v) is 12.0. The van der Waals surface area contributed by atoms with Crippen LogP contribution >= 0.6 is 0 Å². The first-order chi connectivity index (χ1) is 8.81. The van der Waals surface area contributed by atoms with E-state index in [1.165, 1.54) is 0 Å². The van der Waals surface area contributed by atoms with Crippen LogP contribution in [0.25, 0.3) is 0 Å². The molecule has 0 saturated carbocycles.